The molecule has 0 fully saturated rings. The van der Waals surface area contributed by atoms with Gasteiger partial charge in [-0.1, -0.05) is 17.2 Å². The van der Waals surface area contributed by atoms with E-state index in [1.165, 1.54) is 41.8 Å². The first-order valence-corrected chi connectivity index (χ1v) is 14.8. The number of aryl methyl sites for hydroxylation is 4. The number of aromatic nitrogens is 2. The summed E-state index contributed by atoms with van der Waals surface area (Å²) in [5.41, 5.74) is 1.47. The van der Waals surface area contributed by atoms with Crippen LogP contribution in [-0.4, -0.2) is 84.5 Å². The number of hydrogen-bond donors (Lipinski definition) is 3. The summed E-state index contributed by atoms with van der Waals surface area (Å²) in [6.07, 6.45) is -0.560. The Morgan fingerprint density at radius 2 is 1.83 bits per heavy atom. The molecule has 14 nitrogen and oxygen atoms in total. The molecule has 0 spiro atoms. The molecular weight excluding hydrogens is 568 g/mol. The summed E-state index contributed by atoms with van der Waals surface area (Å²) in [5.74, 6) is 0.147. The van der Waals surface area contributed by atoms with E-state index in [4.69, 9.17) is 13.8 Å². The molecule has 1 aliphatic rings. The van der Waals surface area contributed by atoms with E-state index in [9.17, 15) is 23.1 Å². The van der Waals surface area contributed by atoms with Gasteiger partial charge in [0.25, 0.3) is 15.9 Å². The van der Waals surface area contributed by atoms with Crippen molar-refractivity contribution in [3.63, 3.8) is 0 Å². The van der Waals surface area contributed by atoms with Crippen molar-refractivity contribution in [3.8, 4) is 5.75 Å². The van der Waals surface area contributed by atoms with Crippen LogP contribution < -0.4 is 14.8 Å². The van der Waals surface area contributed by atoms with Crippen molar-refractivity contribution < 1.29 is 36.9 Å². The Labute approximate surface area is 244 Å². The molecule has 42 heavy (non-hydrogen) atoms. The number of ether oxygens (including phenoxy) is 1. The number of anilines is 2. The third-order valence-electron chi connectivity index (χ3n) is 7.22. The molecule has 1 aliphatic heterocycles. The van der Waals surface area contributed by atoms with Crippen LogP contribution in [0.15, 0.2) is 32.1 Å². The highest BCUT2D eigenvalue weighted by Crippen LogP contribution is 2.32. The SMILES string of the molecule is Cc1noc(C)c1NC(=O)N(C)C[C@@H]1Oc2ccc(NS(=O)(=O)c3c(C)noc3C)cc2C(=O)N([C@@H](C)CO)C[C@@H]1C. The van der Waals surface area contributed by atoms with Crippen LogP contribution >= 0.6 is 0 Å². The normalized spacial score (nSPS) is 18.0. The number of nitrogens with zero attached hydrogens (tertiary/aromatic N) is 4. The van der Waals surface area contributed by atoms with E-state index in [0.29, 0.717) is 17.1 Å². The van der Waals surface area contributed by atoms with E-state index in [0.717, 1.165) is 0 Å². The fourth-order valence-electron chi connectivity index (χ4n) is 4.79. The smallest absolute Gasteiger partial charge is 0.321 e. The quantitative estimate of drug-likeness (QED) is 0.346. The minimum atomic E-state index is -4.07. The Bertz CT molecular complexity index is 1540. The Kier molecular flexibility index (Phi) is 8.82. The van der Waals surface area contributed by atoms with Gasteiger partial charge in [0.2, 0.25) is 0 Å². The van der Waals surface area contributed by atoms with Gasteiger partial charge in [-0.25, -0.2) is 13.2 Å². The van der Waals surface area contributed by atoms with Gasteiger partial charge in [-0.3, -0.25) is 9.52 Å². The molecule has 4 rings (SSSR count). The van der Waals surface area contributed by atoms with Crippen molar-refractivity contribution in [3.05, 3.63) is 46.7 Å². The van der Waals surface area contributed by atoms with Crippen LogP contribution in [-0.2, 0) is 10.0 Å². The lowest BCUT2D eigenvalue weighted by Crippen LogP contribution is -2.50. The Morgan fingerprint density at radius 3 is 2.43 bits per heavy atom. The third-order valence-corrected chi connectivity index (χ3v) is 8.84. The van der Waals surface area contributed by atoms with Crippen molar-refractivity contribution in [1.82, 2.24) is 20.1 Å². The maximum absolute atomic E-state index is 13.7. The van der Waals surface area contributed by atoms with Crippen molar-refractivity contribution in [2.45, 2.75) is 58.6 Å². The molecule has 0 aliphatic carbocycles. The van der Waals surface area contributed by atoms with Crippen LogP contribution in [0.2, 0.25) is 0 Å². The molecule has 0 radical (unpaired) electrons. The molecule has 0 bridgehead atoms. The fraction of sp³-hybridized carbons (Fsp3) is 0.481. The summed E-state index contributed by atoms with van der Waals surface area (Å²) in [7, 11) is -2.45. The van der Waals surface area contributed by atoms with Gasteiger partial charge in [0.15, 0.2) is 16.4 Å². The number of aliphatic hydroxyl groups excluding tert-OH is 1. The standard InChI is InChI=1S/C27H36N6O8S/c1-14-11-33(15(2)13-34)26(35)21-10-20(31-42(37,38)25-17(4)30-41-19(25)6)8-9-22(21)39-23(14)12-32(7)27(36)28-24-16(3)29-40-18(24)5/h8-10,14-15,23,31,34H,11-13H2,1-7H3,(H,28,36)/t14-,15-,23-/m0/s1. The first kappa shape index (κ1) is 30.8. The number of carbonyl (C=O) groups is 2. The molecule has 3 aromatic rings. The molecular formula is C27H36N6O8S. The number of carbonyl (C=O) groups excluding carboxylic acids is 2. The average molecular weight is 605 g/mol. The van der Waals surface area contributed by atoms with Crippen LogP contribution in [0.5, 0.6) is 5.75 Å². The number of sulfonamides is 1. The van der Waals surface area contributed by atoms with E-state index in [2.05, 4.69) is 20.4 Å². The highest BCUT2D eigenvalue weighted by atomic mass is 32.2. The van der Waals surface area contributed by atoms with Gasteiger partial charge in [-0.05, 0) is 52.8 Å². The van der Waals surface area contributed by atoms with E-state index in [1.54, 1.807) is 27.8 Å². The monoisotopic (exact) mass is 604 g/mol. The molecule has 1 aromatic carbocycles. The lowest BCUT2D eigenvalue weighted by Gasteiger charge is -2.38. The number of benzene rings is 1. The van der Waals surface area contributed by atoms with Crippen molar-refractivity contribution >= 4 is 33.3 Å². The topological polar surface area (TPSA) is 180 Å². The summed E-state index contributed by atoms with van der Waals surface area (Å²) in [6.45, 7) is 10.1. The van der Waals surface area contributed by atoms with E-state index in [1.807, 2.05) is 6.92 Å². The van der Waals surface area contributed by atoms with E-state index >= 15 is 0 Å². The first-order valence-electron chi connectivity index (χ1n) is 13.4. The summed E-state index contributed by atoms with van der Waals surface area (Å²) >= 11 is 0. The second kappa shape index (κ2) is 12.0. The van der Waals surface area contributed by atoms with Crippen LogP contribution in [0.3, 0.4) is 0 Å². The van der Waals surface area contributed by atoms with Crippen molar-refractivity contribution in [2.75, 3.05) is 36.8 Å². The zero-order valence-corrected chi connectivity index (χ0v) is 25.4. The number of rotatable bonds is 8. The van der Waals surface area contributed by atoms with Crippen LogP contribution in [0, 0.1) is 33.6 Å². The first-order chi connectivity index (χ1) is 19.7. The Hall–Kier alpha value is -4.11. The molecule has 3 amide bonds. The molecule has 0 saturated heterocycles. The molecule has 15 heteroatoms. The van der Waals surface area contributed by atoms with Crippen LogP contribution in [0.25, 0.3) is 0 Å². The Balaban J connectivity index is 1.64. The molecule has 228 valence electrons. The maximum atomic E-state index is 13.7. The van der Waals surface area contributed by atoms with Crippen molar-refractivity contribution in [1.29, 1.82) is 0 Å². The van der Waals surface area contributed by atoms with Crippen LogP contribution in [0.4, 0.5) is 16.2 Å². The molecule has 3 heterocycles. The number of likely N-dealkylation sites (N-methyl/N-ethyl adjacent to an activating group) is 1. The van der Waals surface area contributed by atoms with Crippen LogP contribution in [0.1, 0.15) is 47.1 Å². The van der Waals surface area contributed by atoms with Crippen molar-refractivity contribution in [2.24, 2.45) is 5.92 Å². The number of fused-ring (bicyclic) bond motifs is 1. The van der Waals surface area contributed by atoms with E-state index < -0.39 is 34.1 Å². The molecule has 0 saturated carbocycles. The molecule has 3 N–H and O–H groups in total. The number of urea groups is 1. The highest BCUT2D eigenvalue weighted by molar-refractivity contribution is 7.92. The minimum absolute atomic E-state index is 0.0841. The molecule has 2 aromatic heterocycles. The lowest BCUT2D eigenvalue weighted by molar-refractivity contribution is 0.0371. The number of hydrogen-bond acceptors (Lipinski definition) is 10. The van der Waals surface area contributed by atoms with Gasteiger partial charge in [0, 0.05) is 25.2 Å². The predicted octanol–water partition coefficient (Wildman–Crippen LogP) is 3.08. The lowest BCUT2D eigenvalue weighted by atomic mass is 9.99. The van der Waals surface area contributed by atoms with Gasteiger partial charge >= 0.3 is 6.03 Å². The van der Waals surface area contributed by atoms with Gasteiger partial charge in [-0.15, -0.1) is 0 Å². The number of amides is 3. The zero-order valence-electron chi connectivity index (χ0n) is 24.6. The maximum Gasteiger partial charge on any atom is 0.321 e. The number of nitrogens with one attached hydrogen (secondary N) is 2. The predicted molar refractivity (Wildman–Crippen MR) is 152 cm³/mol. The summed E-state index contributed by atoms with van der Waals surface area (Å²) in [4.78, 5) is 29.6. The zero-order chi connectivity index (χ0) is 30.9. The fourth-order valence-corrected chi connectivity index (χ4v) is 6.17. The second-order valence-corrected chi connectivity index (χ2v) is 12.2. The molecule has 3 atom stereocenters. The van der Waals surface area contributed by atoms with Gasteiger partial charge in [0.1, 0.15) is 28.9 Å². The largest absolute Gasteiger partial charge is 0.487 e. The van der Waals surface area contributed by atoms with Gasteiger partial charge in [-0.2, -0.15) is 0 Å². The second-order valence-electron chi connectivity index (χ2n) is 10.6. The summed E-state index contributed by atoms with van der Waals surface area (Å²) < 4.78 is 45.1. The van der Waals surface area contributed by atoms with Gasteiger partial charge < -0.3 is 34.0 Å². The van der Waals surface area contributed by atoms with E-state index in [-0.39, 0.29) is 59.0 Å². The summed E-state index contributed by atoms with van der Waals surface area (Å²) in [5, 5.41) is 20.3. The average Bonchev–Trinajstić information content (AvgIpc) is 3.45. The molecule has 0 unspecified atom stereocenters. The third kappa shape index (κ3) is 6.21. The highest BCUT2D eigenvalue weighted by Gasteiger charge is 2.35. The van der Waals surface area contributed by atoms with Gasteiger partial charge in [0.05, 0.1) is 24.8 Å². The minimum Gasteiger partial charge on any atom is -0.487 e. The Morgan fingerprint density at radius 1 is 1.17 bits per heavy atom. The summed E-state index contributed by atoms with van der Waals surface area (Å²) in [6, 6.07) is 3.46. The number of aliphatic hydroxyl groups is 1.